The van der Waals surface area contributed by atoms with Crippen molar-refractivity contribution in [1.82, 2.24) is 15.5 Å². The second kappa shape index (κ2) is 10.9. The van der Waals surface area contributed by atoms with Crippen molar-refractivity contribution in [3.05, 3.63) is 48.0 Å². The molecule has 2 aromatic rings. The van der Waals surface area contributed by atoms with Crippen molar-refractivity contribution in [3.63, 3.8) is 0 Å². The van der Waals surface area contributed by atoms with E-state index in [1.54, 1.807) is 0 Å². The van der Waals surface area contributed by atoms with Crippen LogP contribution >= 0.6 is 0 Å². The second-order valence-corrected chi connectivity index (χ2v) is 9.20. The molecule has 1 aliphatic carbocycles. The van der Waals surface area contributed by atoms with E-state index < -0.39 is 0 Å². The molecule has 2 N–H and O–H groups in total. The number of amides is 1. The molecule has 1 aliphatic heterocycles. The summed E-state index contributed by atoms with van der Waals surface area (Å²) in [6.45, 7) is 6.41. The van der Waals surface area contributed by atoms with Crippen molar-refractivity contribution < 1.29 is 4.79 Å². The van der Waals surface area contributed by atoms with Crippen LogP contribution in [0.4, 0.5) is 0 Å². The zero-order valence-corrected chi connectivity index (χ0v) is 18.2. The fourth-order valence-corrected chi connectivity index (χ4v) is 4.54. The minimum atomic E-state index is 0.274. The van der Waals surface area contributed by atoms with Crippen molar-refractivity contribution in [2.24, 2.45) is 11.8 Å². The molecule has 2 aromatic carbocycles. The number of piperidine rings is 1. The van der Waals surface area contributed by atoms with Gasteiger partial charge in [-0.2, -0.15) is 0 Å². The van der Waals surface area contributed by atoms with Crippen LogP contribution in [-0.2, 0) is 11.2 Å². The lowest BCUT2D eigenvalue weighted by atomic mass is 9.95. The first-order chi connectivity index (χ1) is 14.8. The third kappa shape index (κ3) is 6.29. The summed E-state index contributed by atoms with van der Waals surface area (Å²) in [7, 11) is 0. The summed E-state index contributed by atoms with van der Waals surface area (Å²) < 4.78 is 0. The summed E-state index contributed by atoms with van der Waals surface area (Å²) in [6, 6.07) is 14.6. The van der Waals surface area contributed by atoms with Gasteiger partial charge in [-0.25, -0.2) is 0 Å². The number of hydrogen-bond acceptors (Lipinski definition) is 3. The average Bonchev–Trinajstić information content (AvgIpc) is 3.61. The molecule has 2 aliphatic rings. The molecule has 4 heteroatoms. The van der Waals surface area contributed by atoms with E-state index in [1.807, 2.05) is 0 Å². The van der Waals surface area contributed by atoms with Gasteiger partial charge < -0.3 is 15.5 Å². The van der Waals surface area contributed by atoms with Gasteiger partial charge in [0.25, 0.3) is 0 Å². The SMILES string of the molecule is O=C(Cc1cccc2ccccc12)N1CCC(CNCCCCNCC2CC2)CC1. The highest BCUT2D eigenvalue weighted by Gasteiger charge is 2.23. The lowest BCUT2D eigenvalue weighted by Gasteiger charge is -2.32. The number of unbranched alkanes of at least 4 members (excludes halogenated alkanes) is 1. The third-order valence-electron chi connectivity index (χ3n) is 6.71. The van der Waals surface area contributed by atoms with Gasteiger partial charge in [-0.15, -0.1) is 0 Å². The van der Waals surface area contributed by atoms with Crippen LogP contribution in [0, 0.1) is 11.8 Å². The lowest BCUT2D eigenvalue weighted by Crippen LogP contribution is -2.41. The maximum Gasteiger partial charge on any atom is 0.227 e. The molecule has 1 heterocycles. The molecule has 0 spiro atoms. The predicted molar refractivity (Wildman–Crippen MR) is 125 cm³/mol. The molecule has 0 radical (unpaired) electrons. The summed E-state index contributed by atoms with van der Waals surface area (Å²) in [4.78, 5) is 14.9. The number of likely N-dealkylation sites (tertiary alicyclic amines) is 1. The summed E-state index contributed by atoms with van der Waals surface area (Å²) >= 11 is 0. The van der Waals surface area contributed by atoms with Crippen LogP contribution in [0.15, 0.2) is 42.5 Å². The molecular weight excluding hydrogens is 370 g/mol. The molecule has 0 atom stereocenters. The zero-order chi connectivity index (χ0) is 20.6. The Labute approximate surface area is 181 Å². The van der Waals surface area contributed by atoms with Gasteiger partial charge in [0.2, 0.25) is 5.91 Å². The number of rotatable bonds is 11. The smallest absolute Gasteiger partial charge is 0.227 e. The van der Waals surface area contributed by atoms with Gasteiger partial charge in [0.15, 0.2) is 0 Å². The van der Waals surface area contributed by atoms with Crippen molar-refractivity contribution >= 4 is 16.7 Å². The highest BCUT2D eigenvalue weighted by atomic mass is 16.2. The van der Waals surface area contributed by atoms with Crippen molar-refractivity contribution in [3.8, 4) is 0 Å². The number of carbonyl (C=O) groups excluding carboxylic acids is 1. The predicted octanol–water partition coefficient (Wildman–Crippen LogP) is 3.99. The summed E-state index contributed by atoms with van der Waals surface area (Å²) in [6.07, 6.45) is 8.14. The van der Waals surface area contributed by atoms with Gasteiger partial charge in [-0.1, -0.05) is 42.5 Å². The highest BCUT2D eigenvalue weighted by Crippen LogP contribution is 2.27. The molecule has 0 aromatic heterocycles. The second-order valence-electron chi connectivity index (χ2n) is 9.20. The highest BCUT2D eigenvalue weighted by molar-refractivity contribution is 5.90. The Morgan fingerprint density at radius 3 is 2.17 bits per heavy atom. The largest absolute Gasteiger partial charge is 0.342 e. The van der Waals surface area contributed by atoms with Crippen LogP contribution in [0.1, 0.15) is 44.1 Å². The fourth-order valence-electron chi connectivity index (χ4n) is 4.54. The van der Waals surface area contributed by atoms with Gasteiger partial charge in [-0.05, 0) is 92.9 Å². The van der Waals surface area contributed by atoms with Crippen LogP contribution in [0.2, 0.25) is 0 Å². The van der Waals surface area contributed by atoms with Crippen LogP contribution in [0.25, 0.3) is 10.8 Å². The molecule has 4 rings (SSSR count). The van der Waals surface area contributed by atoms with Gasteiger partial charge in [0.05, 0.1) is 6.42 Å². The number of hydrogen-bond donors (Lipinski definition) is 2. The number of benzene rings is 2. The standard InChI is InChI=1S/C26H37N3O/c30-26(18-24-8-5-7-23-6-1-2-9-25(23)24)29-16-12-22(13-17-29)20-28-15-4-3-14-27-19-21-10-11-21/h1-2,5-9,21-22,27-28H,3-4,10-20H2. The summed E-state index contributed by atoms with van der Waals surface area (Å²) in [5.41, 5.74) is 1.15. The number of nitrogens with one attached hydrogen (secondary N) is 2. The molecule has 0 unspecified atom stereocenters. The van der Waals surface area contributed by atoms with E-state index in [1.165, 1.54) is 43.0 Å². The summed E-state index contributed by atoms with van der Waals surface area (Å²) in [5, 5.41) is 9.62. The van der Waals surface area contributed by atoms with E-state index in [4.69, 9.17) is 0 Å². The Hall–Kier alpha value is -1.91. The van der Waals surface area contributed by atoms with E-state index >= 15 is 0 Å². The minimum absolute atomic E-state index is 0.274. The van der Waals surface area contributed by atoms with Gasteiger partial charge in [0, 0.05) is 13.1 Å². The van der Waals surface area contributed by atoms with Crippen molar-refractivity contribution in [2.75, 3.05) is 39.3 Å². The first kappa shape index (κ1) is 21.3. The first-order valence-electron chi connectivity index (χ1n) is 12.0. The Bertz CT molecular complexity index is 804. The van der Waals surface area contributed by atoms with Crippen molar-refractivity contribution in [2.45, 2.75) is 44.9 Å². The molecule has 162 valence electrons. The average molecular weight is 408 g/mol. The van der Waals surface area contributed by atoms with Crippen LogP contribution in [-0.4, -0.2) is 50.1 Å². The van der Waals surface area contributed by atoms with E-state index in [0.29, 0.717) is 12.3 Å². The van der Waals surface area contributed by atoms with Crippen LogP contribution < -0.4 is 10.6 Å². The maximum absolute atomic E-state index is 12.9. The van der Waals surface area contributed by atoms with Gasteiger partial charge >= 0.3 is 0 Å². The monoisotopic (exact) mass is 407 g/mol. The van der Waals surface area contributed by atoms with E-state index in [9.17, 15) is 4.79 Å². The molecule has 1 saturated carbocycles. The molecule has 1 saturated heterocycles. The Morgan fingerprint density at radius 2 is 1.47 bits per heavy atom. The topological polar surface area (TPSA) is 44.4 Å². The zero-order valence-electron chi connectivity index (χ0n) is 18.2. The molecular formula is C26H37N3O. The Balaban J connectivity index is 1.11. The van der Waals surface area contributed by atoms with E-state index in [-0.39, 0.29) is 5.91 Å². The first-order valence-corrected chi connectivity index (χ1v) is 12.0. The van der Waals surface area contributed by atoms with E-state index in [0.717, 1.165) is 57.0 Å². The van der Waals surface area contributed by atoms with E-state index in [2.05, 4.69) is 58.0 Å². The molecule has 1 amide bonds. The number of nitrogens with zero attached hydrogens (tertiary/aromatic N) is 1. The number of carbonyl (C=O) groups is 1. The molecule has 4 nitrogen and oxygen atoms in total. The Kier molecular flexibility index (Phi) is 7.76. The normalized spacial score (nSPS) is 17.5. The lowest BCUT2D eigenvalue weighted by molar-refractivity contribution is -0.131. The quantitative estimate of drug-likeness (QED) is 0.554. The maximum atomic E-state index is 12.9. The van der Waals surface area contributed by atoms with Gasteiger partial charge in [0.1, 0.15) is 0 Å². The van der Waals surface area contributed by atoms with Crippen LogP contribution in [0.3, 0.4) is 0 Å². The van der Waals surface area contributed by atoms with Crippen LogP contribution in [0.5, 0.6) is 0 Å². The van der Waals surface area contributed by atoms with Crippen molar-refractivity contribution in [1.29, 1.82) is 0 Å². The Morgan fingerprint density at radius 1 is 0.833 bits per heavy atom. The number of fused-ring (bicyclic) bond motifs is 1. The molecule has 2 fully saturated rings. The third-order valence-corrected chi connectivity index (χ3v) is 6.71. The molecule has 0 bridgehead atoms. The minimum Gasteiger partial charge on any atom is -0.342 e. The fraction of sp³-hybridized carbons (Fsp3) is 0.577. The summed E-state index contributed by atoms with van der Waals surface area (Å²) in [5.74, 6) is 1.96. The molecule has 30 heavy (non-hydrogen) atoms. The van der Waals surface area contributed by atoms with Gasteiger partial charge in [-0.3, -0.25) is 4.79 Å².